The van der Waals surface area contributed by atoms with E-state index in [9.17, 15) is 14.0 Å². The van der Waals surface area contributed by atoms with Crippen LogP contribution in [0.25, 0.3) is 10.2 Å². The van der Waals surface area contributed by atoms with Crippen molar-refractivity contribution in [1.29, 1.82) is 0 Å². The van der Waals surface area contributed by atoms with Crippen molar-refractivity contribution < 1.29 is 9.18 Å². The summed E-state index contributed by atoms with van der Waals surface area (Å²) in [5, 5.41) is 0.422. The molecule has 0 spiro atoms. The number of carbonyl (C=O) groups is 1. The van der Waals surface area contributed by atoms with Gasteiger partial charge in [-0.05, 0) is 62.5 Å². The molecule has 2 N–H and O–H groups in total. The van der Waals surface area contributed by atoms with E-state index >= 15 is 0 Å². The number of nitrogens with two attached hydrogens (primary N) is 1. The van der Waals surface area contributed by atoms with Crippen molar-refractivity contribution in [2.24, 2.45) is 11.7 Å². The number of aromatic nitrogens is 3. The predicted molar refractivity (Wildman–Crippen MR) is 145 cm³/mol. The van der Waals surface area contributed by atoms with Crippen molar-refractivity contribution >= 4 is 27.7 Å². The number of amides is 1. The van der Waals surface area contributed by atoms with Crippen molar-refractivity contribution in [3.05, 3.63) is 92.9 Å². The van der Waals surface area contributed by atoms with Crippen molar-refractivity contribution in [3.63, 3.8) is 0 Å². The number of halogens is 1. The van der Waals surface area contributed by atoms with E-state index in [1.54, 1.807) is 42.2 Å². The monoisotopic (exact) mass is 521 g/mol. The van der Waals surface area contributed by atoms with E-state index < -0.39 is 11.9 Å². The first-order valence-corrected chi connectivity index (χ1v) is 13.2. The second-order valence-electron chi connectivity index (χ2n) is 9.60. The van der Waals surface area contributed by atoms with Gasteiger partial charge < -0.3 is 10.6 Å². The van der Waals surface area contributed by atoms with Crippen molar-refractivity contribution in [1.82, 2.24) is 18.8 Å². The Morgan fingerprint density at radius 3 is 2.49 bits per heavy atom. The summed E-state index contributed by atoms with van der Waals surface area (Å²) in [6.45, 7) is 8.50. The number of fused-ring (bicyclic) bond motifs is 1. The molecule has 0 aliphatic carbocycles. The van der Waals surface area contributed by atoms with Gasteiger partial charge in [0.05, 0.1) is 23.7 Å². The summed E-state index contributed by atoms with van der Waals surface area (Å²) in [4.78, 5) is 34.8. The first-order valence-electron chi connectivity index (χ1n) is 12.4. The molecule has 0 fully saturated rings. The van der Waals surface area contributed by atoms with Gasteiger partial charge in [-0.1, -0.05) is 49.7 Å². The van der Waals surface area contributed by atoms with Gasteiger partial charge in [0, 0.05) is 17.7 Å². The van der Waals surface area contributed by atoms with Crippen LogP contribution in [0.1, 0.15) is 59.3 Å². The fraction of sp³-hybridized carbons (Fsp3) is 0.357. The SMILES string of the molecule is Cc1ccc(C(=O)N(CCCN)C(c2nc3snc(C)c3c(=O)n2Cc2ccccc2F)C(C)C)cc1. The fourth-order valence-corrected chi connectivity index (χ4v) is 5.32. The lowest BCUT2D eigenvalue weighted by Gasteiger charge is -2.35. The van der Waals surface area contributed by atoms with Gasteiger partial charge in [-0.25, -0.2) is 9.37 Å². The summed E-state index contributed by atoms with van der Waals surface area (Å²) in [7, 11) is 0. The second-order valence-corrected chi connectivity index (χ2v) is 10.3. The maximum absolute atomic E-state index is 14.7. The molecule has 0 aliphatic heterocycles. The van der Waals surface area contributed by atoms with Gasteiger partial charge in [0.25, 0.3) is 11.5 Å². The maximum atomic E-state index is 14.7. The molecule has 0 bridgehead atoms. The Hall–Kier alpha value is -3.43. The van der Waals surface area contributed by atoms with Crippen LogP contribution in [0.4, 0.5) is 4.39 Å². The van der Waals surface area contributed by atoms with Crippen LogP contribution in [0, 0.1) is 25.6 Å². The lowest BCUT2D eigenvalue weighted by molar-refractivity contribution is 0.0602. The molecule has 2 aromatic heterocycles. The van der Waals surface area contributed by atoms with Crippen LogP contribution in [0.2, 0.25) is 0 Å². The number of benzene rings is 2. The maximum Gasteiger partial charge on any atom is 0.264 e. The summed E-state index contributed by atoms with van der Waals surface area (Å²) < 4.78 is 20.6. The number of carbonyl (C=O) groups excluding carboxylic acids is 1. The zero-order chi connectivity index (χ0) is 26.7. The zero-order valence-electron chi connectivity index (χ0n) is 21.6. The van der Waals surface area contributed by atoms with Crippen LogP contribution in [-0.4, -0.2) is 37.8 Å². The minimum absolute atomic E-state index is 0.00820. The fourth-order valence-electron chi connectivity index (χ4n) is 4.55. The first kappa shape index (κ1) is 26.6. The third kappa shape index (κ3) is 5.47. The van der Waals surface area contributed by atoms with Crippen LogP contribution in [0.15, 0.2) is 53.3 Å². The Morgan fingerprint density at radius 1 is 1.14 bits per heavy atom. The second kappa shape index (κ2) is 11.3. The highest BCUT2D eigenvalue weighted by Gasteiger charge is 2.33. The molecule has 0 aliphatic rings. The molecule has 0 saturated heterocycles. The topological polar surface area (TPSA) is 94.1 Å². The Kier molecular flexibility index (Phi) is 8.14. The molecule has 1 amide bonds. The number of rotatable bonds is 9. The molecule has 1 atom stereocenters. The average molecular weight is 522 g/mol. The Morgan fingerprint density at radius 2 is 1.84 bits per heavy atom. The zero-order valence-corrected chi connectivity index (χ0v) is 22.4. The van der Waals surface area contributed by atoms with Gasteiger partial charge in [-0.15, -0.1) is 0 Å². The molecule has 0 saturated carbocycles. The Balaban J connectivity index is 1.93. The van der Waals surface area contributed by atoms with Gasteiger partial charge in [0.1, 0.15) is 11.6 Å². The number of aryl methyl sites for hydroxylation is 2. The standard InChI is InChI=1S/C28H32FN5O2S/c1-17(2)24(33(15-7-14-30)27(35)20-12-10-18(3)11-13-20)25-31-26-23(19(4)32-37-26)28(36)34(25)16-21-8-5-6-9-22(21)29/h5-6,8-13,17,24H,7,14-16,30H2,1-4H3. The molecule has 37 heavy (non-hydrogen) atoms. The van der Waals surface area contributed by atoms with Crippen LogP contribution in [0.3, 0.4) is 0 Å². The Labute approximate surface area is 219 Å². The van der Waals surface area contributed by atoms with E-state index in [4.69, 9.17) is 10.7 Å². The van der Waals surface area contributed by atoms with Gasteiger partial charge in [-0.2, -0.15) is 4.37 Å². The molecule has 2 aromatic carbocycles. The van der Waals surface area contributed by atoms with E-state index in [2.05, 4.69) is 4.37 Å². The molecule has 0 radical (unpaired) electrons. The summed E-state index contributed by atoms with van der Waals surface area (Å²) in [5.41, 5.74) is 8.11. The lowest BCUT2D eigenvalue weighted by atomic mass is 9.98. The highest BCUT2D eigenvalue weighted by molar-refractivity contribution is 7.12. The van der Waals surface area contributed by atoms with Gasteiger partial charge in [-0.3, -0.25) is 14.2 Å². The molecule has 7 nitrogen and oxygen atoms in total. The van der Waals surface area contributed by atoms with Crippen molar-refractivity contribution in [3.8, 4) is 0 Å². The number of hydrogen-bond acceptors (Lipinski definition) is 6. The van der Waals surface area contributed by atoms with E-state index in [0.717, 1.165) is 17.1 Å². The van der Waals surface area contributed by atoms with Crippen LogP contribution in [-0.2, 0) is 6.54 Å². The molecular weight excluding hydrogens is 489 g/mol. The van der Waals surface area contributed by atoms with Crippen LogP contribution >= 0.6 is 11.5 Å². The summed E-state index contributed by atoms with van der Waals surface area (Å²) in [6.07, 6.45) is 0.584. The normalized spacial score (nSPS) is 12.3. The van der Waals surface area contributed by atoms with Gasteiger partial charge in [0.2, 0.25) is 0 Å². The van der Waals surface area contributed by atoms with E-state index in [1.165, 1.54) is 10.6 Å². The number of nitrogens with zero attached hydrogens (tertiary/aromatic N) is 4. The molecule has 4 rings (SSSR count). The van der Waals surface area contributed by atoms with Gasteiger partial charge >= 0.3 is 0 Å². The highest BCUT2D eigenvalue weighted by Crippen LogP contribution is 2.31. The molecular formula is C28H32FN5O2S. The largest absolute Gasteiger partial charge is 0.330 e. The third-order valence-corrected chi connectivity index (χ3v) is 7.31. The first-order chi connectivity index (χ1) is 17.7. The summed E-state index contributed by atoms with van der Waals surface area (Å²) >= 11 is 1.15. The molecule has 9 heteroatoms. The minimum atomic E-state index is -0.549. The van der Waals surface area contributed by atoms with E-state index in [1.807, 2.05) is 32.9 Å². The van der Waals surface area contributed by atoms with E-state index in [0.29, 0.717) is 52.4 Å². The van der Waals surface area contributed by atoms with Crippen molar-refractivity contribution in [2.45, 2.75) is 46.7 Å². The Bertz CT molecular complexity index is 1460. The minimum Gasteiger partial charge on any atom is -0.330 e. The smallest absolute Gasteiger partial charge is 0.264 e. The van der Waals surface area contributed by atoms with Crippen LogP contribution < -0.4 is 11.3 Å². The van der Waals surface area contributed by atoms with E-state index in [-0.39, 0.29) is 23.9 Å². The third-order valence-electron chi connectivity index (χ3n) is 6.48. The summed E-state index contributed by atoms with van der Waals surface area (Å²) in [6, 6.07) is 13.2. The lowest BCUT2D eigenvalue weighted by Crippen LogP contribution is -2.42. The highest BCUT2D eigenvalue weighted by atomic mass is 32.1. The molecule has 2 heterocycles. The van der Waals surface area contributed by atoms with Crippen LogP contribution in [0.5, 0.6) is 0 Å². The predicted octanol–water partition coefficient (Wildman–Crippen LogP) is 4.85. The van der Waals surface area contributed by atoms with Gasteiger partial charge in [0.15, 0.2) is 4.83 Å². The molecule has 194 valence electrons. The summed E-state index contributed by atoms with van der Waals surface area (Å²) in [5.74, 6) is -0.258. The average Bonchev–Trinajstić information content (AvgIpc) is 3.25. The van der Waals surface area contributed by atoms with Crippen molar-refractivity contribution in [2.75, 3.05) is 13.1 Å². The molecule has 1 unspecified atom stereocenters. The number of hydrogen-bond donors (Lipinski definition) is 1. The quantitative estimate of drug-likeness (QED) is 0.340. The molecule has 4 aromatic rings.